The van der Waals surface area contributed by atoms with Gasteiger partial charge in [0.2, 0.25) is 11.8 Å². The molecule has 2 heterocycles. The predicted molar refractivity (Wildman–Crippen MR) is 126 cm³/mol. The highest BCUT2D eigenvalue weighted by Crippen LogP contribution is 2.26. The summed E-state index contributed by atoms with van der Waals surface area (Å²) in [6.07, 6.45) is 3.05. The van der Waals surface area contributed by atoms with Gasteiger partial charge in [-0.1, -0.05) is 26.3 Å². The second kappa shape index (κ2) is 13.1. The van der Waals surface area contributed by atoms with Gasteiger partial charge < -0.3 is 25.7 Å². The third-order valence-corrected chi connectivity index (χ3v) is 4.99. The molecule has 1 unspecified atom stereocenters. The van der Waals surface area contributed by atoms with Crippen molar-refractivity contribution in [3.05, 3.63) is 30.0 Å². The molecule has 0 spiro atoms. The Labute approximate surface area is 194 Å². The molecule has 1 aliphatic heterocycles. The van der Waals surface area contributed by atoms with E-state index in [2.05, 4.69) is 34.8 Å². The van der Waals surface area contributed by atoms with Gasteiger partial charge in [-0.2, -0.15) is 5.26 Å². The van der Waals surface area contributed by atoms with Crippen LogP contribution in [0.1, 0.15) is 56.9 Å². The Morgan fingerprint density at radius 3 is 2.73 bits per heavy atom. The molecule has 9 nitrogen and oxygen atoms in total. The highest BCUT2D eigenvalue weighted by molar-refractivity contribution is 6.00. The summed E-state index contributed by atoms with van der Waals surface area (Å²) in [6.45, 7) is 7.01. The Kier molecular flexibility index (Phi) is 10.2. The molecule has 1 fully saturated rings. The number of aromatic amines is 1. The lowest BCUT2D eigenvalue weighted by Gasteiger charge is -2.23. The summed E-state index contributed by atoms with van der Waals surface area (Å²) in [5.41, 5.74) is 1.06. The Bertz CT molecular complexity index is 994. The normalized spacial score (nSPS) is 15.9. The Balaban J connectivity index is 0.00000122. The number of H-pyrrole nitrogens is 1. The molecule has 0 aliphatic carbocycles. The SMILES string of the molecule is CCC.CCOc1cccc2[nH]c(C(=O)NCC(=O)NC(C#N)C[C@@H]3CCCNC3=O)cc12. The van der Waals surface area contributed by atoms with E-state index in [0.717, 1.165) is 17.3 Å². The number of amides is 3. The molecule has 9 heteroatoms. The van der Waals surface area contributed by atoms with Crippen molar-refractivity contribution in [3.63, 3.8) is 0 Å². The van der Waals surface area contributed by atoms with Gasteiger partial charge in [0.25, 0.3) is 5.91 Å². The Hall–Kier alpha value is -3.54. The maximum atomic E-state index is 12.4. The summed E-state index contributed by atoms with van der Waals surface area (Å²) in [7, 11) is 0. The van der Waals surface area contributed by atoms with Crippen molar-refractivity contribution in [2.24, 2.45) is 5.92 Å². The van der Waals surface area contributed by atoms with Crippen LogP contribution >= 0.6 is 0 Å². The van der Waals surface area contributed by atoms with Crippen LogP contribution in [-0.2, 0) is 9.59 Å². The quantitative estimate of drug-likeness (QED) is 0.485. The lowest BCUT2D eigenvalue weighted by Crippen LogP contribution is -2.44. The minimum absolute atomic E-state index is 0.0886. The van der Waals surface area contributed by atoms with Crippen LogP contribution in [0.5, 0.6) is 5.75 Å². The summed E-state index contributed by atoms with van der Waals surface area (Å²) in [5.74, 6) is -0.633. The molecule has 0 radical (unpaired) electrons. The third kappa shape index (κ3) is 7.52. The highest BCUT2D eigenvalue weighted by atomic mass is 16.5. The van der Waals surface area contributed by atoms with Crippen molar-refractivity contribution < 1.29 is 19.1 Å². The molecule has 1 aromatic carbocycles. The molecular formula is C24H33N5O4. The molecule has 178 valence electrons. The summed E-state index contributed by atoms with van der Waals surface area (Å²) in [4.78, 5) is 39.4. The number of hydrogen-bond acceptors (Lipinski definition) is 5. The molecule has 3 rings (SSSR count). The van der Waals surface area contributed by atoms with E-state index < -0.39 is 17.9 Å². The van der Waals surface area contributed by atoms with E-state index in [-0.39, 0.29) is 24.8 Å². The number of nitrogens with zero attached hydrogens (tertiary/aromatic N) is 1. The van der Waals surface area contributed by atoms with Gasteiger partial charge in [-0.15, -0.1) is 0 Å². The smallest absolute Gasteiger partial charge is 0.268 e. The largest absolute Gasteiger partial charge is 0.493 e. The van der Waals surface area contributed by atoms with E-state index in [9.17, 15) is 19.6 Å². The van der Waals surface area contributed by atoms with Crippen LogP contribution in [0.2, 0.25) is 0 Å². The fraction of sp³-hybridized carbons (Fsp3) is 0.500. The number of aromatic nitrogens is 1. The standard InChI is InChI=1S/C21H25N5O4.C3H8/c1-2-30-18-7-3-6-16-15(18)10-17(26-16)21(29)24-12-19(27)25-14(11-22)9-13-5-4-8-23-20(13)28;1-3-2/h3,6-7,10,13-14,26H,2,4-5,8-9,12H2,1H3,(H,23,28)(H,24,29)(H,25,27);3H2,1-2H3/t13-,14?;/m0./s1. The highest BCUT2D eigenvalue weighted by Gasteiger charge is 2.26. The maximum absolute atomic E-state index is 12.4. The summed E-state index contributed by atoms with van der Waals surface area (Å²) < 4.78 is 5.56. The average molecular weight is 456 g/mol. The van der Waals surface area contributed by atoms with Gasteiger partial charge in [0.1, 0.15) is 17.5 Å². The number of nitriles is 1. The van der Waals surface area contributed by atoms with E-state index in [0.29, 0.717) is 31.0 Å². The number of piperidine rings is 1. The molecule has 1 aromatic heterocycles. The first-order valence-corrected chi connectivity index (χ1v) is 11.4. The molecule has 3 amide bonds. The zero-order valence-electron chi connectivity index (χ0n) is 19.5. The first-order chi connectivity index (χ1) is 15.9. The van der Waals surface area contributed by atoms with E-state index in [4.69, 9.17) is 4.74 Å². The number of carbonyl (C=O) groups is 3. The van der Waals surface area contributed by atoms with Crippen LogP contribution in [0.3, 0.4) is 0 Å². The van der Waals surface area contributed by atoms with E-state index in [1.807, 2.05) is 31.2 Å². The van der Waals surface area contributed by atoms with Gasteiger partial charge in [-0.3, -0.25) is 14.4 Å². The molecule has 0 bridgehead atoms. The van der Waals surface area contributed by atoms with E-state index >= 15 is 0 Å². The number of ether oxygens (including phenoxy) is 1. The zero-order valence-corrected chi connectivity index (χ0v) is 19.5. The van der Waals surface area contributed by atoms with Crippen LogP contribution in [0.25, 0.3) is 10.9 Å². The lowest BCUT2D eigenvalue weighted by molar-refractivity contribution is -0.127. The second-order valence-electron chi connectivity index (χ2n) is 7.84. The van der Waals surface area contributed by atoms with E-state index in [1.165, 1.54) is 6.42 Å². The number of carbonyl (C=O) groups excluding carboxylic acids is 3. The monoisotopic (exact) mass is 455 g/mol. The molecule has 0 saturated carbocycles. The molecule has 2 aromatic rings. The van der Waals surface area contributed by atoms with Gasteiger partial charge in [-0.05, 0) is 44.4 Å². The van der Waals surface area contributed by atoms with Crippen LogP contribution in [0.15, 0.2) is 24.3 Å². The van der Waals surface area contributed by atoms with Crippen LogP contribution in [0, 0.1) is 17.2 Å². The molecule has 33 heavy (non-hydrogen) atoms. The van der Waals surface area contributed by atoms with Crippen molar-refractivity contribution in [1.82, 2.24) is 20.9 Å². The Morgan fingerprint density at radius 1 is 1.30 bits per heavy atom. The number of benzene rings is 1. The third-order valence-electron chi connectivity index (χ3n) is 4.99. The van der Waals surface area contributed by atoms with Crippen molar-refractivity contribution in [2.75, 3.05) is 19.7 Å². The zero-order chi connectivity index (χ0) is 24.2. The minimum Gasteiger partial charge on any atom is -0.493 e. The number of hydrogen-bond donors (Lipinski definition) is 4. The van der Waals surface area contributed by atoms with Gasteiger partial charge >= 0.3 is 0 Å². The summed E-state index contributed by atoms with van der Waals surface area (Å²) in [5, 5.41) is 18.0. The van der Waals surface area contributed by atoms with Crippen molar-refractivity contribution in [2.45, 2.75) is 52.5 Å². The molecular weight excluding hydrogens is 422 g/mol. The minimum atomic E-state index is -0.787. The predicted octanol–water partition coefficient (Wildman–Crippen LogP) is 2.64. The summed E-state index contributed by atoms with van der Waals surface area (Å²) in [6, 6.07) is 8.38. The average Bonchev–Trinajstić information content (AvgIpc) is 3.25. The van der Waals surface area contributed by atoms with Crippen molar-refractivity contribution in [1.29, 1.82) is 5.26 Å². The molecule has 4 N–H and O–H groups in total. The van der Waals surface area contributed by atoms with Crippen LogP contribution < -0.4 is 20.7 Å². The Morgan fingerprint density at radius 2 is 2.06 bits per heavy atom. The van der Waals surface area contributed by atoms with Gasteiger partial charge in [0.05, 0.1) is 19.2 Å². The van der Waals surface area contributed by atoms with Crippen LogP contribution in [-0.4, -0.2) is 48.4 Å². The van der Waals surface area contributed by atoms with Crippen molar-refractivity contribution >= 4 is 28.6 Å². The van der Waals surface area contributed by atoms with Gasteiger partial charge in [-0.25, -0.2) is 0 Å². The fourth-order valence-corrected chi connectivity index (χ4v) is 3.52. The number of fused-ring (bicyclic) bond motifs is 1. The van der Waals surface area contributed by atoms with Gasteiger partial charge in [0.15, 0.2) is 0 Å². The van der Waals surface area contributed by atoms with Crippen molar-refractivity contribution in [3.8, 4) is 11.8 Å². The number of nitrogens with one attached hydrogen (secondary N) is 4. The maximum Gasteiger partial charge on any atom is 0.268 e. The first-order valence-electron chi connectivity index (χ1n) is 11.4. The molecule has 2 atom stereocenters. The van der Waals surface area contributed by atoms with Gasteiger partial charge in [0, 0.05) is 23.4 Å². The fourth-order valence-electron chi connectivity index (χ4n) is 3.52. The van der Waals surface area contributed by atoms with Crippen LogP contribution in [0.4, 0.5) is 0 Å². The molecule has 1 saturated heterocycles. The molecule has 1 aliphatic rings. The number of rotatable bonds is 8. The second-order valence-corrected chi connectivity index (χ2v) is 7.84. The first kappa shape index (κ1) is 25.7. The summed E-state index contributed by atoms with van der Waals surface area (Å²) >= 11 is 0. The topological polar surface area (TPSA) is 136 Å². The lowest BCUT2D eigenvalue weighted by atomic mass is 9.92. The van der Waals surface area contributed by atoms with E-state index in [1.54, 1.807) is 6.07 Å².